The van der Waals surface area contributed by atoms with Crippen LogP contribution in [0.4, 0.5) is 22.7 Å². The smallest absolute Gasteiger partial charge is 0.0414 e. The van der Waals surface area contributed by atoms with Gasteiger partial charge in [-0.1, -0.05) is 59.7 Å². The molecule has 0 fully saturated rings. The highest BCUT2D eigenvalue weighted by molar-refractivity contribution is 5.72. The Balaban J connectivity index is 1.46. The standard InChI is InChI=1S/C28H28N2/c1-19-5-15-27(21(3)17-19)29-25-11-7-23(8-12-25)24-9-13-26(14-10-24)30-28-16-6-20(2)18-22(28)4/h5-18,29-30H,1-4H3. The van der Waals surface area contributed by atoms with E-state index < -0.39 is 0 Å². The molecule has 4 rings (SSSR count). The number of hydrogen-bond acceptors (Lipinski definition) is 2. The summed E-state index contributed by atoms with van der Waals surface area (Å²) in [6.07, 6.45) is 0. The zero-order valence-electron chi connectivity index (χ0n) is 18.1. The molecule has 2 N–H and O–H groups in total. The highest BCUT2D eigenvalue weighted by Gasteiger charge is 2.03. The summed E-state index contributed by atoms with van der Waals surface area (Å²) in [5, 5.41) is 7.03. The van der Waals surface area contributed by atoms with Gasteiger partial charge in [-0.15, -0.1) is 0 Å². The van der Waals surface area contributed by atoms with Crippen molar-refractivity contribution < 1.29 is 0 Å². The second kappa shape index (κ2) is 8.46. The highest BCUT2D eigenvalue weighted by Crippen LogP contribution is 2.27. The van der Waals surface area contributed by atoms with E-state index in [1.165, 1.54) is 33.4 Å². The van der Waals surface area contributed by atoms with Crippen LogP contribution in [0.3, 0.4) is 0 Å². The van der Waals surface area contributed by atoms with E-state index in [9.17, 15) is 0 Å². The molecular weight excluding hydrogens is 364 g/mol. The molecule has 0 atom stereocenters. The van der Waals surface area contributed by atoms with Gasteiger partial charge in [0.25, 0.3) is 0 Å². The number of anilines is 4. The Morgan fingerprint density at radius 3 is 1.13 bits per heavy atom. The third-order valence-corrected chi connectivity index (χ3v) is 5.42. The fourth-order valence-electron chi connectivity index (χ4n) is 3.71. The third-order valence-electron chi connectivity index (χ3n) is 5.42. The van der Waals surface area contributed by atoms with E-state index in [2.05, 4.69) is 123 Å². The molecule has 0 radical (unpaired) electrons. The first kappa shape index (κ1) is 19.8. The Labute approximate surface area is 179 Å². The lowest BCUT2D eigenvalue weighted by molar-refractivity contribution is 1.37. The van der Waals surface area contributed by atoms with Crippen LogP contribution in [-0.4, -0.2) is 0 Å². The van der Waals surface area contributed by atoms with Crippen LogP contribution in [0.25, 0.3) is 11.1 Å². The van der Waals surface area contributed by atoms with Gasteiger partial charge in [-0.2, -0.15) is 0 Å². The average molecular weight is 393 g/mol. The second-order valence-corrected chi connectivity index (χ2v) is 8.04. The van der Waals surface area contributed by atoms with Gasteiger partial charge < -0.3 is 10.6 Å². The van der Waals surface area contributed by atoms with Crippen molar-refractivity contribution in [2.45, 2.75) is 27.7 Å². The molecule has 0 bridgehead atoms. The van der Waals surface area contributed by atoms with Crippen molar-refractivity contribution >= 4 is 22.7 Å². The van der Waals surface area contributed by atoms with Crippen molar-refractivity contribution in [2.75, 3.05) is 10.6 Å². The molecule has 0 amide bonds. The molecule has 0 unspecified atom stereocenters. The van der Waals surface area contributed by atoms with E-state index in [1.54, 1.807) is 0 Å². The minimum atomic E-state index is 1.10. The van der Waals surface area contributed by atoms with Gasteiger partial charge in [0, 0.05) is 22.7 Å². The van der Waals surface area contributed by atoms with Gasteiger partial charge in [-0.3, -0.25) is 0 Å². The molecule has 0 aromatic heterocycles. The first-order chi connectivity index (χ1) is 14.5. The maximum atomic E-state index is 3.51. The average Bonchev–Trinajstić information content (AvgIpc) is 2.73. The Hall–Kier alpha value is -3.52. The number of benzene rings is 4. The fourth-order valence-corrected chi connectivity index (χ4v) is 3.71. The van der Waals surface area contributed by atoms with Crippen LogP contribution in [-0.2, 0) is 0 Å². The minimum absolute atomic E-state index is 1.10. The fraction of sp³-hybridized carbons (Fsp3) is 0.143. The number of rotatable bonds is 5. The lowest BCUT2D eigenvalue weighted by Gasteiger charge is -2.12. The first-order valence-electron chi connectivity index (χ1n) is 10.4. The predicted molar refractivity (Wildman–Crippen MR) is 130 cm³/mol. The molecule has 150 valence electrons. The van der Waals surface area contributed by atoms with Crippen molar-refractivity contribution in [1.29, 1.82) is 0 Å². The topological polar surface area (TPSA) is 24.1 Å². The van der Waals surface area contributed by atoms with E-state index in [0.29, 0.717) is 0 Å². The van der Waals surface area contributed by atoms with Crippen molar-refractivity contribution in [3.8, 4) is 11.1 Å². The molecule has 4 aromatic carbocycles. The summed E-state index contributed by atoms with van der Waals surface area (Å²) in [7, 11) is 0. The number of hydrogen-bond donors (Lipinski definition) is 2. The van der Waals surface area contributed by atoms with Crippen molar-refractivity contribution in [1.82, 2.24) is 0 Å². The Morgan fingerprint density at radius 2 is 0.800 bits per heavy atom. The van der Waals surface area contributed by atoms with Gasteiger partial charge in [-0.05, 0) is 86.3 Å². The van der Waals surface area contributed by atoms with Crippen molar-refractivity contribution in [3.63, 3.8) is 0 Å². The summed E-state index contributed by atoms with van der Waals surface area (Å²) in [5.41, 5.74) is 12.0. The van der Waals surface area contributed by atoms with E-state index >= 15 is 0 Å². The lowest BCUT2D eigenvalue weighted by Crippen LogP contribution is -1.94. The molecule has 2 nitrogen and oxygen atoms in total. The first-order valence-corrected chi connectivity index (χ1v) is 10.4. The summed E-state index contributed by atoms with van der Waals surface area (Å²) in [5.74, 6) is 0. The van der Waals surface area contributed by atoms with E-state index in [4.69, 9.17) is 0 Å². The number of nitrogens with one attached hydrogen (secondary N) is 2. The van der Waals surface area contributed by atoms with Gasteiger partial charge in [0.2, 0.25) is 0 Å². The Morgan fingerprint density at radius 1 is 0.433 bits per heavy atom. The summed E-state index contributed by atoms with van der Waals surface area (Å²) in [6, 6.07) is 30.1. The van der Waals surface area contributed by atoms with Crippen LogP contribution >= 0.6 is 0 Å². The monoisotopic (exact) mass is 392 g/mol. The molecule has 4 aromatic rings. The van der Waals surface area contributed by atoms with Gasteiger partial charge in [0.15, 0.2) is 0 Å². The molecule has 2 heteroatoms. The summed E-state index contributed by atoms with van der Waals surface area (Å²) < 4.78 is 0. The molecule has 0 aliphatic rings. The molecule has 0 spiro atoms. The SMILES string of the molecule is Cc1ccc(Nc2ccc(-c3ccc(Nc4ccc(C)cc4C)cc3)cc2)c(C)c1. The largest absolute Gasteiger partial charge is 0.355 e. The Kier molecular flexibility index (Phi) is 5.58. The quantitative estimate of drug-likeness (QED) is 0.359. The summed E-state index contributed by atoms with van der Waals surface area (Å²) in [4.78, 5) is 0. The second-order valence-electron chi connectivity index (χ2n) is 8.04. The normalized spacial score (nSPS) is 10.7. The van der Waals surface area contributed by atoms with E-state index in [1.807, 2.05) is 0 Å². The molecule has 0 saturated heterocycles. The lowest BCUT2D eigenvalue weighted by atomic mass is 10.0. The third kappa shape index (κ3) is 4.55. The molecular formula is C28H28N2. The van der Waals surface area contributed by atoms with Crippen LogP contribution in [0.5, 0.6) is 0 Å². The molecule has 0 heterocycles. The van der Waals surface area contributed by atoms with Crippen LogP contribution in [0.1, 0.15) is 22.3 Å². The van der Waals surface area contributed by atoms with E-state index in [0.717, 1.165) is 22.7 Å². The number of aryl methyl sites for hydroxylation is 4. The molecule has 0 aliphatic heterocycles. The molecule has 30 heavy (non-hydrogen) atoms. The van der Waals surface area contributed by atoms with Gasteiger partial charge >= 0.3 is 0 Å². The van der Waals surface area contributed by atoms with E-state index in [-0.39, 0.29) is 0 Å². The highest BCUT2D eigenvalue weighted by atomic mass is 14.9. The van der Waals surface area contributed by atoms with Crippen molar-refractivity contribution in [3.05, 3.63) is 107 Å². The zero-order valence-corrected chi connectivity index (χ0v) is 18.1. The summed E-state index contributed by atoms with van der Waals surface area (Å²) >= 11 is 0. The predicted octanol–water partition coefficient (Wildman–Crippen LogP) is 8.07. The molecule has 0 saturated carbocycles. The van der Waals surface area contributed by atoms with Crippen LogP contribution in [0.2, 0.25) is 0 Å². The zero-order chi connectivity index (χ0) is 21.1. The van der Waals surface area contributed by atoms with Crippen molar-refractivity contribution in [2.24, 2.45) is 0 Å². The van der Waals surface area contributed by atoms with Gasteiger partial charge in [-0.25, -0.2) is 0 Å². The molecule has 0 aliphatic carbocycles. The summed E-state index contributed by atoms with van der Waals surface area (Å²) in [6.45, 7) is 8.51. The maximum absolute atomic E-state index is 3.51. The van der Waals surface area contributed by atoms with Gasteiger partial charge in [0.1, 0.15) is 0 Å². The van der Waals surface area contributed by atoms with Crippen LogP contribution in [0.15, 0.2) is 84.9 Å². The van der Waals surface area contributed by atoms with Crippen LogP contribution in [0, 0.1) is 27.7 Å². The maximum Gasteiger partial charge on any atom is 0.0414 e. The Bertz CT molecular complexity index is 1060. The van der Waals surface area contributed by atoms with Crippen LogP contribution < -0.4 is 10.6 Å². The van der Waals surface area contributed by atoms with Gasteiger partial charge in [0.05, 0.1) is 0 Å². The minimum Gasteiger partial charge on any atom is -0.355 e.